The molecule has 31 heavy (non-hydrogen) atoms. The van der Waals surface area contributed by atoms with E-state index in [1.54, 1.807) is 17.8 Å². The number of nitrogens with one attached hydrogen (secondary N) is 1. The van der Waals surface area contributed by atoms with E-state index >= 15 is 0 Å². The zero-order valence-corrected chi connectivity index (χ0v) is 18.5. The molecule has 4 rings (SSSR count). The molecular weight excluding hydrogens is 394 g/mol. The van der Waals surface area contributed by atoms with Gasteiger partial charge in [-0.05, 0) is 57.9 Å². The number of nitrogens with zero attached hydrogens (tertiary/aromatic N) is 4. The molecule has 1 fully saturated rings. The van der Waals surface area contributed by atoms with Crippen LogP contribution in [0.15, 0.2) is 42.6 Å². The first-order valence-electron chi connectivity index (χ1n) is 10.6. The minimum Gasteiger partial charge on any atom is -0.496 e. The number of imidazole rings is 1. The van der Waals surface area contributed by atoms with Crippen LogP contribution < -0.4 is 10.1 Å². The lowest BCUT2D eigenvalue weighted by atomic mass is 10.1. The quantitative estimate of drug-likeness (QED) is 0.662. The van der Waals surface area contributed by atoms with Gasteiger partial charge in [0.15, 0.2) is 5.65 Å². The summed E-state index contributed by atoms with van der Waals surface area (Å²) in [5.41, 5.74) is 2.03. The van der Waals surface area contributed by atoms with Crippen LogP contribution in [0.3, 0.4) is 0 Å². The summed E-state index contributed by atoms with van der Waals surface area (Å²) in [6, 6.07) is 11.7. The van der Waals surface area contributed by atoms with Gasteiger partial charge < -0.3 is 19.7 Å². The van der Waals surface area contributed by atoms with Crippen LogP contribution in [0.4, 0.5) is 10.6 Å². The lowest BCUT2D eigenvalue weighted by Crippen LogP contribution is -2.42. The average molecular weight is 424 g/mol. The third-order valence-electron chi connectivity index (χ3n) is 5.27. The second-order valence-electron chi connectivity index (χ2n) is 8.68. The van der Waals surface area contributed by atoms with E-state index in [0.29, 0.717) is 13.1 Å². The number of methoxy groups -OCH3 is 1. The number of ether oxygens (including phenoxy) is 2. The van der Waals surface area contributed by atoms with Gasteiger partial charge in [-0.25, -0.2) is 14.3 Å². The second-order valence-corrected chi connectivity index (χ2v) is 8.68. The molecule has 0 unspecified atom stereocenters. The van der Waals surface area contributed by atoms with E-state index in [1.165, 1.54) is 0 Å². The lowest BCUT2D eigenvalue weighted by Gasteiger charge is -2.28. The van der Waals surface area contributed by atoms with Crippen LogP contribution in [0.5, 0.6) is 5.75 Å². The molecule has 1 amide bonds. The minimum atomic E-state index is -0.499. The van der Waals surface area contributed by atoms with Crippen molar-refractivity contribution in [2.45, 2.75) is 45.3 Å². The highest BCUT2D eigenvalue weighted by atomic mass is 16.6. The smallest absolute Gasteiger partial charge is 0.410 e. The number of amides is 1. The third-order valence-corrected chi connectivity index (χ3v) is 5.27. The first kappa shape index (κ1) is 21.0. The number of anilines is 1. The maximum absolute atomic E-state index is 12.5. The van der Waals surface area contributed by atoms with E-state index < -0.39 is 5.60 Å². The van der Waals surface area contributed by atoms with Crippen LogP contribution in [-0.2, 0) is 4.74 Å². The molecule has 0 radical (unpaired) electrons. The van der Waals surface area contributed by atoms with Crippen LogP contribution in [0.2, 0.25) is 0 Å². The van der Waals surface area contributed by atoms with Gasteiger partial charge >= 0.3 is 6.09 Å². The molecule has 0 aliphatic carbocycles. The molecule has 3 aromatic rings. The Morgan fingerprint density at radius 2 is 2.03 bits per heavy atom. The first-order chi connectivity index (χ1) is 14.9. The van der Waals surface area contributed by atoms with E-state index in [9.17, 15) is 4.79 Å². The number of aromatic nitrogens is 3. The Balaban J connectivity index is 1.51. The number of para-hydroxylation sites is 1. The SMILES string of the molecule is COc1ccccc1-c1cnc2ccc(NC[C@@H]3CCCN3C(=O)OC(C)(C)C)nn12. The van der Waals surface area contributed by atoms with Gasteiger partial charge in [0.05, 0.1) is 25.0 Å². The predicted molar refractivity (Wildman–Crippen MR) is 119 cm³/mol. The number of carbonyl (C=O) groups excluding carboxylic acids is 1. The highest BCUT2D eigenvalue weighted by Gasteiger charge is 2.32. The summed E-state index contributed by atoms with van der Waals surface area (Å²) < 4.78 is 12.9. The summed E-state index contributed by atoms with van der Waals surface area (Å²) in [6.45, 7) is 6.98. The normalized spacial score (nSPS) is 16.5. The molecule has 2 aromatic heterocycles. The van der Waals surface area contributed by atoms with E-state index in [-0.39, 0.29) is 12.1 Å². The van der Waals surface area contributed by atoms with Crippen molar-refractivity contribution < 1.29 is 14.3 Å². The number of carbonyl (C=O) groups is 1. The topological polar surface area (TPSA) is 81.0 Å². The van der Waals surface area contributed by atoms with Gasteiger partial charge in [0.1, 0.15) is 17.2 Å². The maximum Gasteiger partial charge on any atom is 0.410 e. The van der Waals surface area contributed by atoms with Gasteiger partial charge in [-0.2, -0.15) is 0 Å². The molecule has 1 saturated heterocycles. The molecule has 3 heterocycles. The molecule has 1 aliphatic heterocycles. The van der Waals surface area contributed by atoms with Crippen LogP contribution in [0.25, 0.3) is 16.9 Å². The van der Waals surface area contributed by atoms with Gasteiger partial charge in [0, 0.05) is 18.7 Å². The number of likely N-dealkylation sites (tertiary alicyclic amines) is 1. The summed E-state index contributed by atoms with van der Waals surface area (Å²) in [7, 11) is 1.65. The van der Waals surface area contributed by atoms with Crippen molar-refractivity contribution in [3.63, 3.8) is 0 Å². The summed E-state index contributed by atoms with van der Waals surface area (Å²) in [5.74, 6) is 1.49. The predicted octanol–water partition coefficient (Wildman–Crippen LogP) is 4.22. The van der Waals surface area contributed by atoms with Crippen LogP contribution in [-0.4, -0.2) is 57.4 Å². The van der Waals surface area contributed by atoms with Crippen molar-refractivity contribution in [3.8, 4) is 17.0 Å². The highest BCUT2D eigenvalue weighted by Crippen LogP contribution is 2.30. The molecule has 1 atom stereocenters. The zero-order chi connectivity index (χ0) is 22.0. The molecule has 1 aliphatic rings. The molecular formula is C23H29N5O3. The number of rotatable bonds is 5. The Labute approximate surface area is 182 Å². The van der Waals surface area contributed by atoms with Crippen molar-refractivity contribution in [3.05, 3.63) is 42.6 Å². The Kier molecular flexibility index (Phi) is 5.71. The molecule has 8 nitrogen and oxygen atoms in total. The Hall–Kier alpha value is -3.29. The highest BCUT2D eigenvalue weighted by molar-refractivity contribution is 5.70. The van der Waals surface area contributed by atoms with Crippen molar-refractivity contribution in [1.82, 2.24) is 19.5 Å². The molecule has 0 saturated carbocycles. The third kappa shape index (κ3) is 4.57. The van der Waals surface area contributed by atoms with Crippen molar-refractivity contribution in [2.24, 2.45) is 0 Å². The van der Waals surface area contributed by atoms with Crippen LogP contribution >= 0.6 is 0 Å². The van der Waals surface area contributed by atoms with Crippen LogP contribution in [0, 0.1) is 0 Å². The fourth-order valence-electron chi connectivity index (χ4n) is 3.84. The van der Waals surface area contributed by atoms with Crippen molar-refractivity contribution in [1.29, 1.82) is 0 Å². The van der Waals surface area contributed by atoms with Gasteiger partial charge in [0.2, 0.25) is 0 Å². The largest absolute Gasteiger partial charge is 0.496 e. The first-order valence-corrected chi connectivity index (χ1v) is 10.6. The van der Waals surface area contributed by atoms with Crippen LogP contribution in [0.1, 0.15) is 33.6 Å². The zero-order valence-electron chi connectivity index (χ0n) is 18.5. The van der Waals surface area contributed by atoms with Gasteiger partial charge in [-0.3, -0.25) is 0 Å². The van der Waals surface area contributed by atoms with Gasteiger partial charge in [-0.1, -0.05) is 12.1 Å². The lowest BCUT2D eigenvalue weighted by molar-refractivity contribution is 0.0235. The molecule has 8 heteroatoms. The Morgan fingerprint density at radius 3 is 2.81 bits per heavy atom. The molecule has 0 bridgehead atoms. The summed E-state index contributed by atoms with van der Waals surface area (Å²) in [5, 5.41) is 8.11. The van der Waals surface area contributed by atoms with E-state index in [2.05, 4.69) is 10.3 Å². The summed E-state index contributed by atoms with van der Waals surface area (Å²) >= 11 is 0. The van der Waals surface area contributed by atoms with Gasteiger partial charge in [0.25, 0.3) is 0 Å². The summed E-state index contributed by atoms with van der Waals surface area (Å²) in [6.07, 6.45) is 3.45. The summed E-state index contributed by atoms with van der Waals surface area (Å²) in [4.78, 5) is 18.8. The van der Waals surface area contributed by atoms with E-state index in [4.69, 9.17) is 14.6 Å². The van der Waals surface area contributed by atoms with E-state index in [0.717, 1.165) is 41.3 Å². The fraction of sp³-hybridized carbons (Fsp3) is 0.435. The Bertz CT molecular complexity index is 1070. The fourth-order valence-corrected chi connectivity index (χ4v) is 3.84. The maximum atomic E-state index is 12.5. The molecule has 0 spiro atoms. The number of fused-ring (bicyclic) bond motifs is 1. The second kappa shape index (κ2) is 8.45. The molecule has 1 N–H and O–H groups in total. The van der Waals surface area contributed by atoms with Crippen molar-refractivity contribution >= 4 is 17.6 Å². The van der Waals surface area contributed by atoms with Gasteiger partial charge in [-0.15, -0.1) is 5.10 Å². The number of hydrogen-bond donors (Lipinski definition) is 1. The number of hydrogen-bond acceptors (Lipinski definition) is 6. The minimum absolute atomic E-state index is 0.0730. The van der Waals surface area contributed by atoms with E-state index in [1.807, 2.05) is 62.1 Å². The molecule has 1 aromatic carbocycles. The monoisotopic (exact) mass is 423 g/mol. The number of benzene rings is 1. The van der Waals surface area contributed by atoms with Crippen molar-refractivity contribution in [2.75, 3.05) is 25.5 Å². The molecule has 164 valence electrons. The standard InChI is InChI=1S/C23H29N5O3/c1-23(2,3)31-22(29)27-13-7-8-16(27)14-24-20-11-12-21-25-15-18(28(21)26-20)17-9-5-6-10-19(17)30-4/h5-6,9-12,15-16H,7-8,13-14H2,1-4H3,(H,24,26)/t16-/m0/s1. The average Bonchev–Trinajstić information content (AvgIpc) is 3.37. The Morgan fingerprint density at radius 1 is 1.23 bits per heavy atom.